The number of carbonyl (C=O) groups excluding carboxylic acids is 1. The molecular formula is C20H25N3O5S2. The Morgan fingerprint density at radius 3 is 2.23 bits per heavy atom. The smallest absolute Gasteiger partial charge is 0.240 e. The van der Waals surface area contributed by atoms with Crippen LogP contribution in [0.15, 0.2) is 46.2 Å². The zero-order chi connectivity index (χ0) is 22.1. The topological polar surface area (TPSA) is 135 Å². The van der Waals surface area contributed by atoms with Crippen LogP contribution in [0.1, 0.15) is 36.0 Å². The Bertz CT molecular complexity index is 1170. The number of nitrogens with one attached hydrogen (secondary N) is 2. The molecule has 2 aromatic carbocycles. The highest BCUT2D eigenvalue weighted by molar-refractivity contribution is 7.89. The van der Waals surface area contributed by atoms with Crippen molar-refractivity contribution in [3.63, 3.8) is 0 Å². The lowest BCUT2D eigenvalue weighted by Gasteiger charge is -2.13. The lowest BCUT2D eigenvalue weighted by molar-refractivity contribution is -0.116. The molecule has 30 heavy (non-hydrogen) atoms. The highest BCUT2D eigenvalue weighted by atomic mass is 32.2. The van der Waals surface area contributed by atoms with Crippen molar-refractivity contribution in [1.29, 1.82) is 0 Å². The number of aryl methyl sites for hydroxylation is 2. The average molecular weight is 452 g/mol. The molecule has 1 aliphatic rings. The van der Waals surface area contributed by atoms with Crippen molar-refractivity contribution >= 4 is 31.6 Å². The predicted molar refractivity (Wildman–Crippen MR) is 114 cm³/mol. The van der Waals surface area contributed by atoms with Gasteiger partial charge in [-0.2, -0.15) is 0 Å². The molecule has 3 rings (SSSR count). The van der Waals surface area contributed by atoms with E-state index in [-0.39, 0.29) is 28.2 Å². The first-order valence-corrected chi connectivity index (χ1v) is 12.5. The Morgan fingerprint density at radius 2 is 1.67 bits per heavy atom. The maximum atomic E-state index is 12.4. The van der Waals surface area contributed by atoms with Crippen LogP contribution in [0.4, 0.5) is 5.69 Å². The van der Waals surface area contributed by atoms with Crippen molar-refractivity contribution in [2.75, 3.05) is 5.32 Å². The number of sulfonamides is 2. The molecule has 0 unspecified atom stereocenters. The van der Waals surface area contributed by atoms with Crippen molar-refractivity contribution in [2.24, 2.45) is 5.14 Å². The van der Waals surface area contributed by atoms with E-state index in [2.05, 4.69) is 10.0 Å². The predicted octanol–water partition coefficient (Wildman–Crippen LogP) is 1.96. The fourth-order valence-corrected chi connectivity index (χ4v) is 4.84. The summed E-state index contributed by atoms with van der Waals surface area (Å²) in [5, 5.41) is 7.93. The Hall–Kier alpha value is -2.27. The molecule has 0 aliphatic heterocycles. The summed E-state index contributed by atoms with van der Waals surface area (Å²) in [6.45, 7) is 3.53. The Kier molecular flexibility index (Phi) is 6.32. The second-order valence-corrected chi connectivity index (χ2v) is 10.8. The molecule has 2 aromatic rings. The van der Waals surface area contributed by atoms with Gasteiger partial charge in [-0.25, -0.2) is 26.7 Å². The highest BCUT2D eigenvalue weighted by Crippen LogP contribution is 2.24. The fourth-order valence-electron chi connectivity index (χ4n) is 2.91. The number of hydrogen-bond acceptors (Lipinski definition) is 5. The van der Waals surface area contributed by atoms with E-state index in [0.717, 1.165) is 24.0 Å². The van der Waals surface area contributed by atoms with E-state index in [1.807, 2.05) is 0 Å². The van der Waals surface area contributed by atoms with Crippen LogP contribution >= 0.6 is 0 Å². The van der Waals surface area contributed by atoms with Crippen LogP contribution in [-0.2, 0) is 31.3 Å². The molecule has 0 spiro atoms. The van der Waals surface area contributed by atoms with Crippen LogP contribution < -0.4 is 15.2 Å². The van der Waals surface area contributed by atoms with Gasteiger partial charge in [0.1, 0.15) is 0 Å². The molecule has 1 saturated carbocycles. The van der Waals surface area contributed by atoms with E-state index in [9.17, 15) is 21.6 Å². The number of nitrogens with two attached hydrogens (primary N) is 1. The molecule has 0 atom stereocenters. The van der Waals surface area contributed by atoms with E-state index >= 15 is 0 Å². The van der Waals surface area contributed by atoms with E-state index in [1.165, 1.54) is 24.3 Å². The van der Waals surface area contributed by atoms with Crippen LogP contribution in [0, 0.1) is 13.8 Å². The molecule has 0 bridgehead atoms. The van der Waals surface area contributed by atoms with Crippen molar-refractivity contribution in [3.05, 3.63) is 53.1 Å². The van der Waals surface area contributed by atoms with Gasteiger partial charge in [0, 0.05) is 18.2 Å². The Morgan fingerprint density at radius 1 is 1.03 bits per heavy atom. The lowest BCUT2D eigenvalue weighted by Crippen LogP contribution is -2.25. The van der Waals surface area contributed by atoms with Crippen LogP contribution in [0.3, 0.4) is 0 Å². The molecule has 8 nitrogen and oxygen atoms in total. The standard InChI is InChI=1S/C20H25N3O5S2/c1-13-11-18(29(21,25)26)12-19(14(13)2)22-20(24)10-5-15-3-8-17(9-4-15)30(27,28)23-16-6-7-16/h3-4,8-9,11-12,16,23H,5-7,10H2,1-2H3,(H,22,24)(H2,21,25,26). The summed E-state index contributed by atoms with van der Waals surface area (Å²) >= 11 is 0. The van der Waals surface area contributed by atoms with Crippen molar-refractivity contribution in [1.82, 2.24) is 4.72 Å². The van der Waals surface area contributed by atoms with Gasteiger partial charge < -0.3 is 5.32 Å². The second-order valence-electron chi connectivity index (χ2n) is 7.55. The molecule has 1 fully saturated rings. The second kappa shape index (κ2) is 8.46. The maximum Gasteiger partial charge on any atom is 0.240 e. The molecule has 10 heteroatoms. The van der Waals surface area contributed by atoms with Crippen LogP contribution in [0.2, 0.25) is 0 Å². The summed E-state index contributed by atoms with van der Waals surface area (Å²) in [5.41, 5.74) is 2.68. The minimum absolute atomic E-state index is 0.0400. The molecule has 4 N–H and O–H groups in total. The van der Waals surface area contributed by atoms with E-state index in [0.29, 0.717) is 17.7 Å². The molecule has 0 radical (unpaired) electrons. The zero-order valence-corrected chi connectivity index (χ0v) is 18.4. The van der Waals surface area contributed by atoms with Gasteiger partial charge in [-0.1, -0.05) is 12.1 Å². The monoisotopic (exact) mass is 451 g/mol. The van der Waals surface area contributed by atoms with E-state index in [4.69, 9.17) is 5.14 Å². The Labute approximate surface area is 177 Å². The van der Waals surface area contributed by atoms with Crippen LogP contribution in [0.25, 0.3) is 0 Å². The molecule has 1 aliphatic carbocycles. The lowest BCUT2D eigenvalue weighted by atomic mass is 10.1. The van der Waals surface area contributed by atoms with Gasteiger partial charge in [-0.15, -0.1) is 0 Å². The van der Waals surface area contributed by atoms with E-state index in [1.54, 1.807) is 26.0 Å². The van der Waals surface area contributed by atoms with Gasteiger partial charge in [0.25, 0.3) is 0 Å². The van der Waals surface area contributed by atoms with Gasteiger partial charge in [0.15, 0.2) is 0 Å². The van der Waals surface area contributed by atoms with Gasteiger partial charge in [0.2, 0.25) is 26.0 Å². The third-order valence-electron chi connectivity index (χ3n) is 5.02. The van der Waals surface area contributed by atoms with E-state index < -0.39 is 20.0 Å². The van der Waals surface area contributed by atoms with Crippen molar-refractivity contribution < 1.29 is 21.6 Å². The highest BCUT2D eigenvalue weighted by Gasteiger charge is 2.27. The molecule has 0 saturated heterocycles. The fraction of sp³-hybridized carbons (Fsp3) is 0.350. The molecule has 162 valence electrons. The van der Waals surface area contributed by atoms with Gasteiger partial charge in [-0.05, 0) is 74.1 Å². The van der Waals surface area contributed by atoms with Gasteiger partial charge in [0.05, 0.1) is 9.79 Å². The van der Waals surface area contributed by atoms with Crippen LogP contribution in [0.5, 0.6) is 0 Å². The number of primary sulfonamides is 1. The first-order chi connectivity index (χ1) is 14.0. The summed E-state index contributed by atoms with van der Waals surface area (Å²) in [4.78, 5) is 12.5. The summed E-state index contributed by atoms with van der Waals surface area (Å²) < 4.78 is 50.3. The third kappa shape index (κ3) is 5.66. The number of amides is 1. The first-order valence-electron chi connectivity index (χ1n) is 9.51. The SMILES string of the molecule is Cc1cc(S(N)(=O)=O)cc(NC(=O)CCc2ccc(S(=O)(=O)NC3CC3)cc2)c1C. The van der Waals surface area contributed by atoms with Gasteiger partial charge >= 0.3 is 0 Å². The summed E-state index contributed by atoms with van der Waals surface area (Å²) in [5.74, 6) is -0.281. The normalized spacial score (nSPS) is 14.5. The molecular weight excluding hydrogens is 426 g/mol. The minimum atomic E-state index is -3.88. The maximum absolute atomic E-state index is 12.4. The average Bonchev–Trinajstić information content (AvgIpc) is 3.46. The van der Waals surface area contributed by atoms with Crippen LogP contribution in [-0.4, -0.2) is 28.8 Å². The minimum Gasteiger partial charge on any atom is -0.326 e. The summed E-state index contributed by atoms with van der Waals surface area (Å²) in [6.07, 6.45) is 2.30. The van der Waals surface area contributed by atoms with Crippen molar-refractivity contribution in [2.45, 2.75) is 55.4 Å². The van der Waals surface area contributed by atoms with Gasteiger partial charge in [-0.3, -0.25) is 4.79 Å². The summed E-state index contributed by atoms with van der Waals surface area (Å²) in [6, 6.07) is 9.29. The summed E-state index contributed by atoms with van der Waals surface area (Å²) in [7, 11) is -7.38. The third-order valence-corrected chi connectivity index (χ3v) is 7.45. The zero-order valence-electron chi connectivity index (χ0n) is 16.8. The molecule has 0 aromatic heterocycles. The number of carbonyl (C=O) groups is 1. The largest absolute Gasteiger partial charge is 0.326 e. The number of rotatable bonds is 8. The quantitative estimate of drug-likeness (QED) is 0.564. The number of anilines is 1. The van der Waals surface area contributed by atoms with Crippen molar-refractivity contribution in [3.8, 4) is 0 Å². The number of benzene rings is 2. The molecule has 1 amide bonds. The molecule has 0 heterocycles. The Balaban J connectivity index is 1.63. The first kappa shape index (κ1) is 22.4. The number of hydrogen-bond donors (Lipinski definition) is 3.